The molecule has 2 rings (SSSR count). The van der Waals surface area contributed by atoms with Crippen molar-refractivity contribution in [2.45, 2.75) is 19.9 Å². The van der Waals surface area contributed by atoms with E-state index in [1.54, 1.807) is 31.3 Å². The van der Waals surface area contributed by atoms with E-state index >= 15 is 0 Å². The first-order valence-corrected chi connectivity index (χ1v) is 7.01. The lowest BCUT2D eigenvalue weighted by Crippen LogP contribution is -2.05. The van der Waals surface area contributed by atoms with Crippen LogP contribution in [-0.4, -0.2) is 9.91 Å². The smallest absolute Gasteiger partial charge is 0.313 e. The number of aryl methyl sites for hydroxylation is 1. The molecule has 0 aliphatic carbocycles. The lowest BCUT2D eigenvalue weighted by Gasteiger charge is -2.11. The van der Waals surface area contributed by atoms with Gasteiger partial charge < -0.3 is 10.5 Å². The molecule has 0 radical (unpaired) electrons. The number of ether oxygens (including phenoxy) is 1. The van der Waals surface area contributed by atoms with Crippen LogP contribution in [0.2, 0.25) is 0 Å². The molecule has 0 amide bonds. The zero-order chi connectivity index (χ0) is 15.6. The molecular weight excluding hydrogens is 338 g/mol. The Morgan fingerprint density at radius 2 is 2.14 bits per heavy atom. The highest BCUT2D eigenvalue weighted by Gasteiger charge is 2.20. The third-order valence-corrected chi connectivity index (χ3v) is 3.37. The molecule has 6 nitrogen and oxygen atoms in total. The highest BCUT2D eigenvalue weighted by molar-refractivity contribution is 9.10. The molecule has 0 spiro atoms. The van der Waals surface area contributed by atoms with Gasteiger partial charge in [-0.1, -0.05) is 15.9 Å². The van der Waals surface area contributed by atoms with Crippen LogP contribution in [0.15, 0.2) is 34.9 Å². The first-order valence-electron chi connectivity index (χ1n) is 6.22. The summed E-state index contributed by atoms with van der Waals surface area (Å²) in [6.45, 7) is 3.58. The maximum atomic E-state index is 11.2. The maximum Gasteiger partial charge on any atom is 0.313 e. The maximum absolute atomic E-state index is 11.2. The summed E-state index contributed by atoms with van der Waals surface area (Å²) in [5.74, 6) is 0.454. The zero-order valence-corrected chi connectivity index (χ0v) is 13.1. The van der Waals surface area contributed by atoms with Crippen molar-refractivity contribution in [3.63, 3.8) is 0 Å². The number of halogens is 1. The summed E-state index contributed by atoms with van der Waals surface area (Å²) in [5, 5.41) is 11.2. The normalized spacial score (nSPS) is 12.0. The van der Waals surface area contributed by atoms with Gasteiger partial charge in [0.2, 0.25) is 11.6 Å². The van der Waals surface area contributed by atoms with Crippen molar-refractivity contribution in [2.75, 3.05) is 0 Å². The van der Waals surface area contributed by atoms with Crippen LogP contribution in [-0.2, 0) is 0 Å². The van der Waals surface area contributed by atoms with Crippen LogP contribution < -0.4 is 10.5 Å². The van der Waals surface area contributed by atoms with Gasteiger partial charge in [0.1, 0.15) is 0 Å². The van der Waals surface area contributed by atoms with E-state index in [1.807, 2.05) is 6.92 Å². The Morgan fingerprint density at radius 3 is 2.76 bits per heavy atom. The topological polar surface area (TPSA) is 91.3 Å². The number of nitrogens with two attached hydrogens (primary N) is 1. The minimum atomic E-state index is -0.484. The van der Waals surface area contributed by atoms with Crippen LogP contribution in [0.3, 0.4) is 0 Å². The van der Waals surface area contributed by atoms with Crippen LogP contribution in [0.4, 0.5) is 5.69 Å². The van der Waals surface area contributed by atoms with E-state index < -0.39 is 4.92 Å². The molecule has 0 unspecified atom stereocenters. The average molecular weight is 352 g/mol. The summed E-state index contributed by atoms with van der Waals surface area (Å²) in [4.78, 5) is 14.7. The number of pyridine rings is 1. The van der Waals surface area contributed by atoms with E-state index in [4.69, 9.17) is 10.5 Å². The fourth-order valence-corrected chi connectivity index (χ4v) is 2.41. The predicted octanol–water partition coefficient (Wildman–Crippen LogP) is 3.87. The fourth-order valence-electron chi connectivity index (χ4n) is 1.85. The summed E-state index contributed by atoms with van der Waals surface area (Å²) in [6, 6.07) is 6.43. The van der Waals surface area contributed by atoms with Crippen molar-refractivity contribution < 1.29 is 9.66 Å². The van der Waals surface area contributed by atoms with E-state index in [0.29, 0.717) is 10.0 Å². The molecule has 0 saturated heterocycles. The summed E-state index contributed by atoms with van der Waals surface area (Å²) in [6.07, 6.45) is 1.56. The van der Waals surface area contributed by atoms with Crippen molar-refractivity contribution in [1.29, 1.82) is 0 Å². The molecule has 110 valence electrons. The highest BCUT2D eigenvalue weighted by atomic mass is 79.9. The van der Waals surface area contributed by atoms with Crippen LogP contribution >= 0.6 is 15.9 Å². The molecule has 7 heteroatoms. The molecule has 0 saturated carbocycles. The number of benzene rings is 1. The average Bonchev–Trinajstić information content (AvgIpc) is 2.41. The van der Waals surface area contributed by atoms with Gasteiger partial charge in [-0.05, 0) is 31.5 Å². The Bertz CT molecular complexity index is 689. The molecule has 21 heavy (non-hydrogen) atoms. The molecule has 1 atom stereocenters. The second-order valence-corrected chi connectivity index (χ2v) is 5.56. The predicted molar refractivity (Wildman–Crippen MR) is 82.4 cm³/mol. The first kappa shape index (κ1) is 15.4. The summed E-state index contributed by atoms with van der Waals surface area (Å²) in [7, 11) is 0. The molecule has 2 N–H and O–H groups in total. The summed E-state index contributed by atoms with van der Waals surface area (Å²) < 4.78 is 6.24. The van der Waals surface area contributed by atoms with E-state index in [9.17, 15) is 10.1 Å². The van der Waals surface area contributed by atoms with Gasteiger partial charge in [0.25, 0.3) is 0 Å². The largest absolute Gasteiger partial charge is 0.432 e. The minimum Gasteiger partial charge on any atom is -0.432 e. The fraction of sp³-hybridized carbons (Fsp3) is 0.214. The molecule has 0 aliphatic heterocycles. The monoisotopic (exact) mass is 351 g/mol. The van der Waals surface area contributed by atoms with Gasteiger partial charge in [-0.15, -0.1) is 0 Å². The van der Waals surface area contributed by atoms with Crippen molar-refractivity contribution in [1.82, 2.24) is 4.98 Å². The van der Waals surface area contributed by atoms with E-state index in [1.165, 1.54) is 6.07 Å². The van der Waals surface area contributed by atoms with Gasteiger partial charge in [0.15, 0.2) is 0 Å². The van der Waals surface area contributed by atoms with E-state index in [2.05, 4.69) is 20.9 Å². The molecule has 0 fully saturated rings. The molecule has 1 aromatic heterocycles. The number of hydrogen-bond donors (Lipinski definition) is 1. The van der Waals surface area contributed by atoms with Gasteiger partial charge in [-0.25, -0.2) is 4.98 Å². The second-order valence-electron chi connectivity index (χ2n) is 4.65. The number of nitro benzene ring substituents is 1. The number of nitrogens with zero attached hydrogens (tertiary/aromatic N) is 2. The van der Waals surface area contributed by atoms with Crippen molar-refractivity contribution in [2.24, 2.45) is 5.73 Å². The quantitative estimate of drug-likeness (QED) is 0.666. The number of aromatic nitrogens is 1. The molecule has 0 aliphatic rings. The van der Waals surface area contributed by atoms with Gasteiger partial charge >= 0.3 is 5.69 Å². The van der Waals surface area contributed by atoms with Crippen molar-refractivity contribution in [3.8, 4) is 11.6 Å². The Balaban J connectivity index is 2.44. The molecule has 1 aromatic carbocycles. The molecule has 0 bridgehead atoms. The Morgan fingerprint density at radius 1 is 1.43 bits per heavy atom. The Kier molecular flexibility index (Phi) is 4.54. The lowest BCUT2D eigenvalue weighted by molar-refractivity contribution is -0.385. The van der Waals surface area contributed by atoms with Crippen LogP contribution in [0.25, 0.3) is 0 Å². The Hall–Kier alpha value is -1.99. The van der Waals surface area contributed by atoms with E-state index in [-0.39, 0.29) is 23.4 Å². The van der Waals surface area contributed by atoms with Crippen LogP contribution in [0.1, 0.15) is 24.1 Å². The molecule has 1 heterocycles. The first-order chi connectivity index (χ1) is 9.88. The van der Waals surface area contributed by atoms with Gasteiger partial charge in [0.05, 0.1) is 4.92 Å². The van der Waals surface area contributed by atoms with Crippen LogP contribution in [0.5, 0.6) is 11.6 Å². The SMILES string of the molecule is Cc1cc(Br)cc([N+](=O)[O-])c1Oc1cc([C@H](C)N)ccn1. The second kappa shape index (κ2) is 6.19. The molecular formula is C14H14BrN3O3. The van der Waals surface area contributed by atoms with Gasteiger partial charge in [-0.2, -0.15) is 0 Å². The molecule has 2 aromatic rings. The van der Waals surface area contributed by atoms with Crippen molar-refractivity contribution >= 4 is 21.6 Å². The number of hydrogen-bond acceptors (Lipinski definition) is 5. The van der Waals surface area contributed by atoms with Gasteiger partial charge in [0, 0.05) is 34.4 Å². The number of nitro groups is 1. The minimum absolute atomic E-state index is 0.116. The summed E-state index contributed by atoms with van der Waals surface area (Å²) in [5.41, 5.74) is 7.18. The standard InChI is InChI=1S/C14H14BrN3O3/c1-8-5-11(15)7-12(18(19)20)14(8)21-13-6-10(9(2)16)3-4-17-13/h3-7,9H,16H2,1-2H3/t9-/m0/s1. The Labute approximate surface area is 130 Å². The van der Waals surface area contributed by atoms with Crippen LogP contribution in [0, 0.1) is 17.0 Å². The summed E-state index contributed by atoms with van der Waals surface area (Å²) >= 11 is 3.24. The zero-order valence-electron chi connectivity index (χ0n) is 11.5. The third kappa shape index (κ3) is 3.56. The van der Waals surface area contributed by atoms with Crippen molar-refractivity contribution in [3.05, 3.63) is 56.2 Å². The third-order valence-electron chi connectivity index (χ3n) is 2.91. The lowest BCUT2D eigenvalue weighted by atomic mass is 10.1. The highest BCUT2D eigenvalue weighted by Crippen LogP contribution is 2.36. The van der Waals surface area contributed by atoms with Gasteiger partial charge in [-0.3, -0.25) is 10.1 Å². The van der Waals surface area contributed by atoms with E-state index in [0.717, 1.165) is 5.56 Å². The number of rotatable bonds is 4.